The van der Waals surface area contributed by atoms with E-state index in [0.717, 1.165) is 37.3 Å². The highest BCUT2D eigenvalue weighted by Gasteiger charge is 2.18. The zero-order valence-electron chi connectivity index (χ0n) is 11.4. The van der Waals surface area contributed by atoms with Crippen LogP contribution in [0.3, 0.4) is 0 Å². The minimum atomic E-state index is -0.312. The van der Waals surface area contributed by atoms with Crippen molar-refractivity contribution in [3.63, 3.8) is 0 Å². The summed E-state index contributed by atoms with van der Waals surface area (Å²) in [4.78, 5) is 13.2. The van der Waals surface area contributed by atoms with Crippen molar-refractivity contribution in [1.82, 2.24) is 19.5 Å². The molecular formula is C15H14FN5. The van der Waals surface area contributed by atoms with Gasteiger partial charge in [0.05, 0.1) is 5.69 Å². The second-order valence-corrected chi connectivity index (χ2v) is 5.14. The Hall–Kier alpha value is -2.50. The van der Waals surface area contributed by atoms with E-state index in [-0.39, 0.29) is 5.82 Å². The molecule has 0 radical (unpaired) electrons. The van der Waals surface area contributed by atoms with Crippen molar-refractivity contribution in [3.05, 3.63) is 42.2 Å². The van der Waals surface area contributed by atoms with E-state index in [9.17, 15) is 4.39 Å². The molecule has 3 heterocycles. The van der Waals surface area contributed by atoms with Crippen LogP contribution in [0.5, 0.6) is 0 Å². The number of hydrogen-bond donors (Lipinski definition) is 1. The molecule has 0 unspecified atom stereocenters. The van der Waals surface area contributed by atoms with Gasteiger partial charge in [-0.2, -0.15) is 0 Å². The maximum atomic E-state index is 13.8. The van der Waals surface area contributed by atoms with Gasteiger partial charge in [-0.05, 0) is 25.0 Å². The molecule has 21 heavy (non-hydrogen) atoms. The molecule has 0 fully saturated rings. The first-order chi connectivity index (χ1) is 10.3. The van der Waals surface area contributed by atoms with E-state index in [0.29, 0.717) is 17.0 Å². The zero-order valence-corrected chi connectivity index (χ0v) is 11.4. The molecule has 0 atom stereocenters. The lowest BCUT2D eigenvalue weighted by Crippen LogP contribution is -2.10. The summed E-state index contributed by atoms with van der Waals surface area (Å²) in [5.74, 6) is 1.27. The average molecular weight is 283 g/mol. The Morgan fingerprint density at radius 1 is 1.14 bits per heavy atom. The summed E-state index contributed by atoms with van der Waals surface area (Å²) in [6, 6.07) is 6.53. The Kier molecular flexibility index (Phi) is 2.80. The highest BCUT2D eigenvalue weighted by molar-refractivity contribution is 5.85. The minimum Gasteiger partial charge on any atom is -0.336 e. The summed E-state index contributed by atoms with van der Waals surface area (Å²) in [6.07, 6.45) is 4.73. The fourth-order valence-corrected chi connectivity index (χ4v) is 2.74. The Balaban J connectivity index is 1.82. The van der Waals surface area contributed by atoms with Crippen molar-refractivity contribution in [1.29, 1.82) is 0 Å². The van der Waals surface area contributed by atoms with Crippen LogP contribution in [0.4, 0.5) is 15.9 Å². The third-order valence-corrected chi connectivity index (χ3v) is 3.77. The van der Waals surface area contributed by atoms with Crippen molar-refractivity contribution in [2.24, 2.45) is 0 Å². The van der Waals surface area contributed by atoms with Gasteiger partial charge >= 0.3 is 0 Å². The molecule has 0 spiro atoms. The molecule has 0 bridgehead atoms. The molecule has 1 N–H and O–H groups in total. The number of imidazole rings is 1. The Morgan fingerprint density at radius 3 is 2.95 bits per heavy atom. The highest BCUT2D eigenvalue weighted by Crippen LogP contribution is 2.27. The third-order valence-electron chi connectivity index (χ3n) is 3.77. The van der Waals surface area contributed by atoms with Gasteiger partial charge in [0.1, 0.15) is 18.0 Å². The second kappa shape index (κ2) is 4.80. The predicted octanol–water partition coefficient (Wildman–Crippen LogP) is 3.05. The molecule has 0 amide bonds. The Morgan fingerprint density at radius 2 is 2.05 bits per heavy atom. The first-order valence-electron chi connectivity index (χ1n) is 7.04. The molecule has 0 saturated carbocycles. The number of hydrogen-bond acceptors (Lipinski definition) is 4. The van der Waals surface area contributed by atoms with Crippen LogP contribution in [-0.2, 0) is 13.0 Å². The number of benzene rings is 1. The second-order valence-electron chi connectivity index (χ2n) is 5.14. The molecule has 106 valence electrons. The van der Waals surface area contributed by atoms with Crippen LogP contribution in [0, 0.1) is 5.82 Å². The highest BCUT2D eigenvalue weighted by atomic mass is 19.1. The summed E-state index contributed by atoms with van der Waals surface area (Å²) in [5.41, 5.74) is 1.92. The lowest BCUT2D eigenvalue weighted by atomic mass is 10.2. The SMILES string of the molecule is Fc1ccccc1Nc1ncnc2c1nc1n2CCCC1. The van der Waals surface area contributed by atoms with Gasteiger partial charge in [-0.3, -0.25) is 0 Å². The van der Waals surface area contributed by atoms with Gasteiger partial charge in [0.2, 0.25) is 0 Å². The molecule has 3 aromatic rings. The number of halogens is 1. The summed E-state index contributed by atoms with van der Waals surface area (Å²) >= 11 is 0. The first-order valence-corrected chi connectivity index (χ1v) is 7.04. The van der Waals surface area contributed by atoms with E-state index in [1.165, 1.54) is 12.4 Å². The van der Waals surface area contributed by atoms with Crippen molar-refractivity contribution in [2.45, 2.75) is 25.8 Å². The van der Waals surface area contributed by atoms with Crippen molar-refractivity contribution >= 4 is 22.7 Å². The van der Waals surface area contributed by atoms with Crippen LogP contribution in [0.15, 0.2) is 30.6 Å². The first kappa shape index (κ1) is 12.3. The van der Waals surface area contributed by atoms with Crippen molar-refractivity contribution < 1.29 is 4.39 Å². The summed E-state index contributed by atoms with van der Waals surface area (Å²) in [5, 5.41) is 3.02. The fraction of sp³-hybridized carbons (Fsp3) is 0.267. The molecule has 1 aromatic carbocycles. The number of anilines is 2. The van der Waals surface area contributed by atoms with E-state index in [2.05, 4.69) is 24.8 Å². The van der Waals surface area contributed by atoms with Crippen LogP contribution < -0.4 is 5.32 Å². The lowest BCUT2D eigenvalue weighted by molar-refractivity contribution is 0.530. The van der Waals surface area contributed by atoms with E-state index < -0.39 is 0 Å². The van der Waals surface area contributed by atoms with E-state index >= 15 is 0 Å². The number of aromatic nitrogens is 4. The van der Waals surface area contributed by atoms with Gasteiger partial charge in [-0.15, -0.1) is 0 Å². The maximum absolute atomic E-state index is 13.8. The standard InChI is InChI=1S/C15H14FN5/c16-10-5-1-2-6-11(10)19-14-13-15(18-9-17-14)21-8-4-3-7-12(21)20-13/h1-2,5-6,9H,3-4,7-8H2,(H,17,18,19). The zero-order chi connectivity index (χ0) is 14.2. The normalized spacial score (nSPS) is 14.1. The van der Waals surface area contributed by atoms with E-state index in [1.54, 1.807) is 18.2 Å². The molecule has 0 aliphatic carbocycles. The number of fused-ring (bicyclic) bond motifs is 3. The van der Waals surface area contributed by atoms with Gasteiger partial charge in [0.15, 0.2) is 17.0 Å². The van der Waals surface area contributed by atoms with E-state index in [4.69, 9.17) is 0 Å². The Bertz CT molecular complexity index is 811. The lowest BCUT2D eigenvalue weighted by Gasteiger charge is -2.13. The average Bonchev–Trinajstić information content (AvgIpc) is 2.89. The van der Waals surface area contributed by atoms with Gasteiger partial charge in [-0.25, -0.2) is 19.3 Å². The molecule has 6 heteroatoms. The fourth-order valence-electron chi connectivity index (χ4n) is 2.74. The number of nitrogens with zero attached hydrogens (tertiary/aromatic N) is 4. The predicted molar refractivity (Wildman–Crippen MR) is 77.9 cm³/mol. The van der Waals surface area contributed by atoms with Crippen molar-refractivity contribution in [2.75, 3.05) is 5.32 Å². The molecule has 0 saturated heterocycles. The Labute approximate surface area is 120 Å². The summed E-state index contributed by atoms with van der Waals surface area (Å²) in [7, 11) is 0. The summed E-state index contributed by atoms with van der Waals surface area (Å²) in [6.45, 7) is 0.933. The van der Waals surface area contributed by atoms with Crippen LogP contribution in [0.1, 0.15) is 18.7 Å². The molecule has 2 aromatic heterocycles. The molecule has 5 nitrogen and oxygen atoms in total. The maximum Gasteiger partial charge on any atom is 0.165 e. The number of para-hydroxylation sites is 1. The van der Waals surface area contributed by atoms with E-state index in [1.807, 2.05) is 0 Å². The van der Waals surface area contributed by atoms with Crippen LogP contribution in [0.25, 0.3) is 11.2 Å². The monoisotopic (exact) mass is 283 g/mol. The number of nitrogens with one attached hydrogen (secondary N) is 1. The molecular weight excluding hydrogens is 269 g/mol. The van der Waals surface area contributed by atoms with Gasteiger partial charge in [-0.1, -0.05) is 12.1 Å². The molecule has 4 rings (SSSR count). The summed E-state index contributed by atoms with van der Waals surface area (Å²) < 4.78 is 15.9. The van der Waals surface area contributed by atoms with Gasteiger partial charge in [0.25, 0.3) is 0 Å². The topological polar surface area (TPSA) is 55.6 Å². The van der Waals surface area contributed by atoms with Gasteiger partial charge in [0, 0.05) is 13.0 Å². The van der Waals surface area contributed by atoms with Crippen LogP contribution >= 0.6 is 0 Å². The quantitative estimate of drug-likeness (QED) is 0.785. The van der Waals surface area contributed by atoms with Crippen LogP contribution in [0.2, 0.25) is 0 Å². The number of aryl methyl sites for hydroxylation is 2. The largest absolute Gasteiger partial charge is 0.336 e. The number of rotatable bonds is 2. The molecule has 1 aliphatic rings. The van der Waals surface area contributed by atoms with Crippen molar-refractivity contribution in [3.8, 4) is 0 Å². The van der Waals surface area contributed by atoms with Crippen LogP contribution in [-0.4, -0.2) is 19.5 Å². The minimum absolute atomic E-state index is 0.312. The molecule has 1 aliphatic heterocycles. The smallest absolute Gasteiger partial charge is 0.165 e. The van der Waals surface area contributed by atoms with Gasteiger partial charge < -0.3 is 9.88 Å². The third kappa shape index (κ3) is 2.03.